The maximum Gasteiger partial charge on any atom is 0.192 e. The lowest BCUT2D eigenvalue weighted by atomic mass is 9.81. The SMILES string of the molecule is CC(C)[C@@H]1C[C@H]2COC(C)(O2)[C@H]1O. The Morgan fingerprint density at radius 2 is 2.15 bits per heavy atom. The summed E-state index contributed by atoms with van der Waals surface area (Å²) in [6.07, 6.45) is 0.640. The van der Waals surface area contributed by atoms with Crippen LogP contribution in [0.15, 0.2) is 0 Å². The molecule has 2 fully saturated rings. The first-order valence-corrected chi connectivity index (χ1v) is 5.03. The van der Waals surface area contributed by atoms with Gasteiger partial charge in [0.05, 0.1) is 12.7 Å². The lowest BCUT2D eigenvalue weighted by molar-refractivity contribution is -0.255. The van der Waals surface area contributed by atoms with Crippen molar-refractivity contribution in [2.45, 2.75) is 45.2 Å². The molecule has 1 unspecified atom stereocenters. The Kier molecular flexibility index (Phi) is 2.13. The van der Waals surface area contributed by atoms with E-state index in [1.807, 2.05) is 6.92 Å². The molecule has 4 atom stereocenters. The molecule has 2 aliphatic rings. The number of rotatable bonds is 1. The van der Waals surface area contributed by atoms with E-state index < -0.39 is 11.9 Å². The summed E-state index contributed by atoms with van der Waals surface area (Å²) in [6, 6.07) is 0. The first-order valence-electron chi connectivity index (χ1n) is 5.03. The molecule has 0 saturated carbocycles. The Morgan fingerprint density at radius 1 is 1.46 bits per heavy atom. The van der Waals surface area contributed by atoms with Crippen LogP contribution in [0.4, 0.5) is 0 Å². The van der Waals surface area contributed by atoms with Crippen LogP contribution in [-0.4, -0.2) is 29.7 Å². The van der Waals surface area contributed by atoms with Gasteiger partial charge in [-0.3, -0.25) is 0 Å². The van der Waals surface area contributed by atoms with E-state index in [1.54, 1.807) is 0 Å². The van der Waals surface area contributed by atoms with Crippen molar-refractivity contribution in [3.8, 4) is 0 Å². The van der Waals surface area contributed by atoms with Gasteiger partial charge in [0.25, 0.3) is 0 Å². The van der Waals surface area contributed by atoms with Gasteiger partial charge in [-0.15, -0.1) is 0 Å². The van der Waals surface area contributed by atoms with Crippen molar-refractivity contribution in [2.75, 3.05) is 6.61 Å². The maximum atomic E-state index is 10.0. The van der Waals surface area contributed by atoms with Gasteiger partial charge in [0.1, 0.15) is 6.10 Å². The Morgan fingerprint density at radius 3 is 2.77 bits per heavy atom. The van der Waals surface area contributed by atoms with Crippen LogP contribution in [0.2, 0.25) is 0 Å². The number of hydrogen-bond donors (Lipinski definition) is 1. The molecule has 0 amide bonds. The van der Waals surface area contributed by atoms with Gasteiger partial charge < -0.3 is 14.6 Å². The van der Waals surface area contributed by atoms with E-state index in [9.17, 15) is 5.11 Å². The van der Waals surface area contributed by atoms with E-state index in [-0.39, 0.29) is 6.10 Å². The molecule has 2 bridgehead atoms. The van der Waals surface area contributed by atoms with Crippen LogP contribution in [0.5, 0.6) is 0 Å². The Hall–Kier alpha value is -0.120. The van der Waals surface area contributed by atoms with Crippen molar-refractivity contribution in [1.29, 1.82) is 0 Å². The quantitative estimate of drug-likeness (QED) is 0.667. The zero-order chi connectivity index (χ0) is 9.64. The molecule has 2 heterocycles. The lowest BCUT2D eigenvalue weighted by Crippen LogP contribution is -2.50. The molecular formula is C10H18O3. The van der Waals surface area contributed by atoms with Crippen LogP contribution in [0.25, 0.3) is 0 Å². The second-order valence-electron chi connectivity index (χ2n) is 4.66. The molecule has 0 aromatic rings. The summed E-state index contributed by atoms with van der Waals surface area (Å²) < 4.78 is 11.1. The molecule has 0 spiro atoms. The summed E-state index contributed by atoms with van der Waals surface area (Å²) in [5, 5.41) is 10.0. The Bertz CT molecular complexity index is 204. The molecular weight excluding hydrogens is 168 g/mol. The van der Waals surface area contributed by atoms with Crippen LogP contribution >= 0.6 is 0 Å². The third-order valence-electron chi connectivity index (χ3n) is 3.29. The van der Waals surface area contributed by atoms with E-state index >= 15 is 0 Å². The fourth-order valence-corrected chi connectivity index (χ4v) is 2.39. The highest BCUT2D eigenvalue weighted by Crippen LogP contribution is 2.42. The maximum absolute atomic E-state index is 10.0. The molecule has 0 aromatic carbocycles. The van der Waals surface area contributed by atoms with Gasteiger partial charge in [-0.2, -0.15) is 0 Å². The lowest BCUT2D eigenvalue weighted by Gasteiger charge is -2.40. The summed E-state index contributed by atoms with van der Waals surface area (Å²) in [5.74, 6) is 0.0615. The van der Waals surface area contributed by atoms with E-state index in [0.717, 1.165) is 6.42 Å². The topological polar surface area (TPSA) is 38.7 Å². The molecule has 0 radical (unpaired) electrons. The highest BCUT2D eigenvalue weighted by Gasteiger charge is 2.52. The number of aliphatic hydroxyl groups excluding tert-OH is 1. The van der Waals surface area contributed by atoms with E-state index in [1.165, 1.54) is 0 Å². The summed E-state index contributed by atoms with van der Waals surface area (Å²) >= 11 is 0. The average Bonchev–Trinajstić information content (AvgIpc) is 2.38. The number of ether oxygens (including phenoxy) is 2. The van der Waals surface area contributed by atoms with Crippen molar-refractivity contribution in [2.24, 2.45) is 11.8 Å². The third kappa shape index (κ3) is 1.39. The van der Waals surface area contributed by atoms with Gasteiger partial charge in [0.2, 0.25) is 0 Å². The van der Waals surface area contributed by atoms with Crippen molar-refractivity contribution < 1.29 is 14.6 Å². The minimum Gasteiger partial charge on any atom is -0.387 e. The van der Waals surface area contributed by atoms with Gasteiger partial charge in [-0.25, -0.2) is 0 Å². The smallest absolute Gasteiger partial charge is 0.192 e. The van der Waals surface area contributed by atoms with Crippen molar-refractivity contribution in [3.63, 3.8) is 0 Å². The molecule has 2 saturated heterocycles. The van der Waals surface area contributed by atoms with Gasteiger partial charge in [-0.05, 0) is 25.2 Å². The highest BCUT2D eigenvalue weighted by molar-refractivity contribution is 4.94. The number of fused-ring (bicyclic) bond motifs is 2. The molecule has 3 heteroatoms. The van der Waals surface area contributed by atoms with Crippen LogP contribution in [0.3, 0.4) is 0 Å². The van der Waals surface area contributed by atoms with Gasteiger partial charge in [0.15, 0.2) is 5.79 Å². The zero-order valence-corrected chi connectivity index (χ0v) is 8.49. The van der Waals surface area contributed by atoms with Crippen LogP contribution < -0.4 is 0 Å². The first-order chi connectivity index (χ1) is 6.03. The largest absolute Gasteiger partial charge is 0.387 e. The molecule has 2 rings (SSSR count). The highest BCUT2D eigenvalue weighted by atomic mass is 16.8. The first kappa shape index (κ1) is 9.44. The predicted molar refractivity (Wildman–Crippen MR) is 48.2 cm³/mol. The van der Waals surface area contributed by atoms with Crippen LogP contribution in [0.1, 0.15) is 27.2 Å². The van der Waals surface area contributed by atoms with Crippen LogP contribution in [-0.2, 0) is 9.47 Å². The van der Waals surface area contributed by atoms with E-state index in [4.69, 9.17) is 9.47 Å². The predicted octanol–water partition coefficient (Wildman–Crippen LogP) is 1.15. The molecule has 2 aliphatic heterocycles. The molecule has 0 aliphatic carbocycles. The Balaban J connectivity index is 2.18. The van der Waals surface area contributed by atoms with Crippen LogP contribution in [0, 0.1) is 11.8 Å². The summed E-state index contributed by atoms with van der Waals surface area (Å²) in [7, 11) is 0. The van der Waals surface area contributed by atoms with Gasteiger partial charge in [-0.1, -0.05) is 13.8 Å². The van der Waals surface area contributed by atoms with E-state index in [0.29, 0.717) is 18.4 Å². The molecule has 1 N–H and O–H groups in total. The zero-order valence-electron chi connectivity index (χ0n) is 8.49. The third-order valence-corrected chi connectivity index (χ3v) is 3.29. The molecule has 3 nitrogen and oxygen atoms in total. The normalized spacial score (nSPS) is 50.1. The van der Waals surface area contributed by atoms with E-state index in [2.05, 4.69) is 13.8 Å². The Labute approximate surface area is 79.0 Å². The molecule has 76 valence electrons. The second kappa shape index (κ2) is 2.94. The second-order valence-corrected chi connectivity index (χ2v) is 4.66. The van der Waals surface area contributed by atoms with Crippen molar-refractivity contribution >= 4 is 0 Å². The summed E-state index contributed by atoms with van der Waals surface area (Å²) in [5.41, 5.74) is 0. The standard InChI is InChI=1S/C10H18O3/c1-6(2)8-4-7-5-12-10(3,13-7)9(8)11/h6-9,11H,4-5H2,1-3H3/t7-,8-,9-,10?/m0/s1. The fourth-order valence-electron chi connectivity index (χ4n) is 2.39. The summed E-state index contributed by atoms with van der Waals surface area (Å²) in [6.45, 7) is 6.76. The summed E-state index contributed by atoms with van der Waals surface area (Å²) in [4.78, 5) is 0. The number of aliphatic hydroxyl groups is 1. The van der Waals surface area contributed by atoms with Crippen molar-refractivity contribution in [3.05, 3.63) is 0 Å². The molecule has 0 aromatic heterocycles. The molecule has 13 heavy (non-hydrogen) atoms. The average molecular weight is 186 g/mol. The fraction of sp³-hybridized carbons (Fsp3) is 1.00. The van der Waals surface area contributed by atoms with Crippen molar-refractivity contribution in [1.82, 2.24) is 0 Å². The number of hydrogen-bond acceptors (Lipinski definition) is 3. The minimum absolute atomic E-state index is 0.195. The van der Waals surface area contributed by atoms with Gasteiger partial charge in [0, 0.05) is 0 Å². The minimum atomic E-state index is -0.738. The van der Waals surface area contributed by atoms with Gasteiger partial charge >= 0.3 is 0 Å². The monoisotopic (exact) mass is 186 g/mol.